The van der Waals surface area contributed by atoms with Crippen LogP contribution in [0.15, 0.2) is 24.3 Å². The van der Waals surface area contributed by atoms with E-state index in [0.717, 1.165) is 12.8 Å². The van der Waals surface area contributed by atoms with Gasteiger partial charge in [0, 0.05) is 22.2 Å². The molecule has 1 atom stereocenters. The Balaban J connectivity index is 2.43. The van der Waals surface area contributed by atoms with Crippen molar-refractivity contribution in [1.82, 2.24) is 5.32 Å². The molecule has 1 amide bonds. The molecular weight excluding hydrogens is 325 g/mol. The van der Waals surface area contributed by atoms with E-state index in [2.05, 4.69) is 5.32 Å². The van der Waals surface area contributed by atoms with E-state index in [1.165, 1.54) is 12.2 Å². The summed E-state index contributed by atoms with van der Waals surface area (Å²) in [5.41, 5.74) is 0.643. The van der Waals surface area contributed by atoms with E-state index >= 15 is 0 Å². The van der Waals surface area contributed by atoms with Crippen LogP contribution in [-0.4, -0.2) is 24.5 Å². The van der Waals surface area contributed by atoms with Gasteiger partial charge in [-0.25, -0.2) is 4.79 Å². The molecule has 0 spiro atoms. The number of esters is 1. The lowest BCUT2D eigenvalue weighted by atomic mass is 10.2. The van der Waals surface area contributed by atoms with Gasteiger partial charge in [-0.3, -0.25) is 4.79 Å². The second-order valence-electron chi connectivity index (χ2n) is 4.86. The molecule has 0 saturated carbocycles. The van der Waals surface area contributed by atoms with Crippen molar-refractivity contribution in [2.24, 2.45) is 0 Å². The first-order chi connectivity index (χ1) is 10.4. The van der Waals surface area contributed by atoms with Crippen LogP contribution in [0.1, 0.15) is 32.3 Å². The molecule has 0 saturated heterocycles. The van der Waals surface area contributed by atoms with Crippen LogP contribution in [0.5, 0.6) is 0 Å². The molecule has 0 aliphatic carbocycles. The van der Waals surface area contributed by atoms with Gasteiger partial charge in [0.2, 0.25) is 0 Å². The number of carbonyl (C=O) groups excluding carboxylic acids is 2. The summed E-state index contributed by atoms with van der Waals surface area (Å²) in [5, 5.41) is 3.70. The zero-order valence-corrected chi connectivity index (χ0v) is 14.1. The lowest BCUT2D eigenvalue weighted by molar-refractivity contribution is -0.144. The molecule has 0 aliphatic heterocycles. The van der Waals surface area contributed by atoms with Crippen molar-refractivity contribution in [2.45, 2.75) is 32.7 Å². The molecule has 1 aromatic carbocycles. The molecule has 0 aliphatic rings. The molecule has 0 bridgehead atoms. The lowest BCUT2D eigenvalue weighted by Crippen LogP contribution is -2.35. The summed E-state index contributed by atoms with van der Waals surface area (Å²) in [6.07, 6.45) is 4.59. The monoisotopic (exact) mass is 343 g/mol. The minimum atomic E-state index is -0.607. The van der Waals surface area contributed by atoms with Gasteiger partial charge >= 0.3 is 5.97 Å². The highest BCUT2D eigenvalue weighted by atomic mass is 35.5. The van der Waals surface area contributed by atoms with E-state index in [9.17, 15) is 9.59 Å². The number of rotatable bonds is 7. The van der Waals surface area contributed by atoms with E-state index in [0.29, 0.717) is 15.6 Å². The Morgan fingerprint density at radius 2 is 2.09 bits per heavy atom. The van der Waals surface area contributed by atoms with E-state index < -0.39 is 5.97 Å². The number of ether oxygens (including phenoxy) is 1. The molecule has 1 rings (SSSR count). The summed E-state index contributed by atoms with van der Waals surface area (Å²) in [7, 11) is 0. The van der Waals surface area contributed by atoms with Gasteiger partial charge in [-0.15, -0.1) is 0 Å². The zero-order chi connectivity index (χ0) is 16.5. The topological polar surface area (TPSA) is 55.4 Å². The predicted molar refractivity (Wildman–Crippen MR) is 89.0 cm³/mol. The van der Waals surface area contributed by atoms with Crippen molar-refractivity contribution >= 4 is 41.2 Å². The number of hydrogen-bond acceptors (Lipinski definition) is 3. The van der Waals surface area contributed by atoms with Crippen molar-refractivity contribution in [3.05, 3.63) is 39.9 Å². The number of carbonyl (C=O) groups is 2. The first-order valence-electron chi connectivity index (χ1n) is 7.01. The van der Waals surface area contributed by atoms with E-state index in [1.54, 1.807) is 18.2 Å². The third-order valence-corrected chi connectivity index (χ3v) is 3.40. The van der Waals surface area contributed by atoms with Crippen molar-refractivity contribution in [3.63, 3.8) is 0 Å². The van der Waals surface area contributed by atoms with Crippen LogP contribution in [0, 0.1) is 0 Å². The van der Waals surface area contributed by atoms with Crippen LogP contribution in [0.2, 0.25) is 10.0 Å². The third-order valence-electron chi connectivity index (χ3n) is 2.84. The zero-order valence-electron chi connectivity index (χ0n) is 12.6. The highest BCUT2D eigenvalue weighted by Crippen LogP contribution is 2.21. The fourth-order valence-electron chi connectivity index (χ4n) is 1.80. The number of amides is 1. The average Bonchev–Trinajstić information content (AvgIpc) is 2.44. The molecule has 22 heavy (non-hydrogen) atoms. The highest BCUT2D eigenvalue weighted by Gasteiger charge is 2.08. The van der Waals surface area contributed by atoms with Gasteiger partial charge in [-0.05, 0) is 37.1 Å². The molecule has 0 unspecified atom stereocenters. The molecule has 4 nitrogen and oxygen atoms in total. The van der Waals surface area contributed by atoms with Crippen molar-refractivity contribution < 1.29 is 14.3 Å². The van der Waals surface area contributed by atoms with E-state index in [4.69, 9.17) is 27.9 Å². The molecule has 1 N–H and O–H groups in total. The molecule has 1 aromatic rings. The summed E-state index contributed by atoms with van der Waals surface area (Å²) >= 11 is 11.8. The van der Waals surface area contributed by atoms with Gasteiger partial charge in [-0.2, -0.15) is 0 Å². The Morgan fingerprint density at radius 1 is 1.36 bits per heavy atom. The van der Waals surface area contributed by atoms with Gasteiger partial charge in [-0.1, -0.05) is 42.6 Å². The predicted octanol–water partition coefficient (Wildman–Crippen LogP) is 3.85. The van der Waals surface area contributed by atoms with Crippen LogP contribution >= 0.6 is 23.2 Å². The minimum Gasteiger partial charge on any atom is -0.452 e. The third kappa shape index (κ3) is 6.96. The maximum absolute atomic E-state index is 11.6. The van der Waals surface area contributed by atoms with Gasteiger partial charge in [0.15, 0.2) is 6.61 Å². The van der Waals surface area contributed by atoms with Gasteiger partial charge in [0.25, 0.3) is 5.91 Å². The Kier molecular flexibility index (Phi) is 7.99. The van der Waals surface area contributed by atoms with Gasteiger partial charge < -0.3 is 10.1 Å². The van der Waals surface area contributed by atoms with E-state index in [1.807, 2.05) is 13.8 Å². The maximum atomic E-state index is 11.6. The Morgan fingerprint density at radius 3 is 2.73 bits per heavy atom. The minimum absolute atomic E-state index is 0.0691. The first kappa shape index (κ1) is 18.5. The average molecular weight is 344 g/mol. The van der Waals surface area contributed by atoms with Gasteiger partial charge in [0.1, 0.15) is 0 Å². The molecule has 0 radical (unpaired) electrons. The smallest absolute Gasteiger partial charge is 0.331 e. The van der Waals surface area contributed by atoms with Crippen molar-refractivity contribution in [1.29, 1.82) is 0 Å². The Bertz CT molecular complexity index is 558. The van der Waals surface area contributed by atoms with Crippen LogP contribution in [0.3, 0.4) is 0 Å². The maximum Gasteiger partial charge on any atom is 0.331 e. The van der Waals surface area contributed by atoms with Crippen molar-refractivity contribution in [2.75, 3.05) is 6.61 Å². The summed E-state index contributed by atoms with van der Waals surface area (Å²) in [6, 6.07) is 5.00. The van der Waals surface area contributed by atoms with E-state index in [-0.39, 0.29) is 18.6 Å². The molecule has 120 valence electrons. The largest absolute Gasteiger partial charge is 0.452 e. The molecule has 0 aromatic heterocycles. The molecule has 0 fully saturated rings. The Labute approximate surface area is 140 Å². The SMILES string of the molecule is CCC[C@@H](C)NC(=O)COC(=O)/C=C/c1ccc(Cl)cc1Cl. The lowest BCUT2D eigenvalue weighted by Gasteiger charge is -2.12. The van der Waals surface area contributed by atoms with Crippen LogP contribution in [0.4, 0.5) is 0 Å². The normalized spacial score (nSPS) is 12.2. The quantitative estimate of drug-likeness (QED) is 0.604. The summed E-state index contributed by atoms with van der Waals surface area (Å²) < 4.78 is 4.86. The number of nitrogens with one attached hydrogen (secondary N) is 1. The number of halogens is 2. The number of hydrogen-bond donors (Lipinski definition) is 1. The second kappa shape index (κ2) is 9.49. The highest BCUT2D eigenvalue weighted by molar-refractivity contribution is 6.35. The second-order valence-corrected chi connectivity index (χ2v) is 5.71. The van der Waals surface area contributed by atoms with Crippen LogP contribution < -0.4 is 5.32 Å². The van der Waals surface area contributed by atoms with Gasteiger partial charge in [0.05, 0.1) is 0 Å². The molecular formula is C16H19Cl2NO3. The summed E-state index contributed by atoms with van der Waals surface area (Å²) in [6.45, 7) is 3.65. The van der Waals surface area contributed by atoms with Crippen LogP contribution in [-0.2, 0) is 14.3 Å². The fourth-order valence-corrected chi connectivity index (χ4v) is 2.27. The molecule has 6 heteroatoms. The van der Waals surface area contributed by atoms with Crippen molar-refractivity contribution in [3.8, 4) is 0 Å². The first-order valence-corrected chi connectivity index (χ1v) is 7.77. The fraction of sp³-hybridized carbons (Fsp3) is 0.375. The standard InChI is InChI=1S/C16H19Cl2NO3/c1-3-4-11(2)19-15(20)10-22-16(21)8-6-12-5-7-13(17)9-14(12)18/h5-9,11H,3-4,10H2,1-2H3,(H,19,20)/b8-6+/t11-/m1/s1. The van der Waals surface area contributed by atoms with Crippen LogP contribution in [0.25, 0.3) is 6.08 Å². The number of benzene rings is 1. The summed E-state index contributed by atoms with van der Waals surface area (Å²) in [5.74, 6) is -0.920. The molecule has 0 heterocycles. The Hall–Kier alpha value is -1.52. The summed E-state index contributed by atoms with van der Waals surface area (Å²) in [4.78, 5) is 23.1.